The Morgan fingerprint density at radius 1 is 1.25 bits per heavy atom. The van der Waals surface area contributed by atoms with Gasteiger partial charge in [0.05, 0.1) is 17.6 Å². The molecule has 1 amide bonds. The highest BCUT2D eigenvalue weighted by Gasteiger charge is 2.10. The Labute approximate surface area is 136 Å². The molecule has 0 saturated carbocycles. The van der Waals surface area contributed by atoms with Crippen molar-refractivity contribution in [1.82, 2.24) is 9.97 Å². The molecule has 2 N–H and O–H groups in total. The molecule has 1 aromatic carbocycles. The molecule has 0 saturated heterocycles. The Morgan fingerprint density at radius 3 is 2.58 bits per heavy atom. The zero-order chi connectivity index (χ0) is 17.5. The van der Waals surface area contributed by atoms with Gasteiger partial charge in [-0.05, 0) is 25.1 Å². The molecule has 0 aliphatic carbocycles. The Hall–Kier alpha value is -3.85. The first-order valence-corrected chi connectivity index (χ1v) is 6.57. The van der Waals surface area contributed by atoms with Crippen LogP contribution in [0.5, 0.6) is 0 Å². The summed E-state index contributed by atoms with van der Waals surface area (Å²) in [5, 5.41) is 23.0. The minimum atomic E-state index is -0.721. The highest BCUT2D eigenvalue weighted by molar-refractivity contribution is 6.10. The number of nitrogens with one attached hydrogen (secondary N) is 2. The predicted octanol–water partition coefficient (Wildman–Crippen LogP) is 1.99. The number of hydrogen-bond donors (Lipinski definition) is 2. The van der Waals surface area contributed by atoms with Crippen LogP contribution in [0.25, 0.3) is 0 Å². The van der Waals surface area contributed by atoms with Gasteiger partial charge in [-0.15, -0.1) is 0 Å². The number of benzene rings is 1. The van der Waals surface area contributed by atoms with Gasteiger partial charge in [-0.1, -0.05) is 0 Å². The van der Waals surface area contributed by atoms with E-state index < -0.39 is 17.4 Å². The lowest BCUT2D eigenvalue weighted by Crippen LogP contribution is -2.14. The number of hydrazone groups is 1. The maximum Gasteiger partial charge on any atom is 0.275 e. The molecule has 0 spiro atoms. The lowest BCUT2D eigenvalue weighted by Gasteiger charge is -2.07. The minimum absolute atomic E-state index is 0.0499. The Bertz CT molecular complexity index is 862. The van der Waals surface area contributed by atoms with Crippen LogP contribution in [-0.4, -0.2) is 21.6 Å². The van der Waals surface area contributed by atoms with Crippen molar-refractivity contribution >= 4 is 23.0 Å². The average molecular weight is 323 g/mol. The summed E-state index contributed by atoms with van der Waals surface area (Å²) < 4.78 is 13.9. The van der Waals surface area contributed by atoms with Crippen molar-refractivity contribution in [3.8, 4) is 12.1 Å². The van der Waals surface area contributed by atoms with Gasteiger partial charge in [-0.2, -0.15) is 15.6 Å². The fourth-order valence-corrected chi connectivity index (χ4v) is 1.58. The van der Waals surface area contributed by atoms with Crippen molar-refractivity contribution in [1.29, 1.82) is 10.5 Å². The van der Waals surface area contributed by atoms with Crippen molar-refractivity contribution in [2.24, 2.45) is 5.10 Å². The molecule has 0 aliphatic heterocycles. The fraction of sp³-hybridized carbons (Fsp3) is 0.0667. The second-order valence-corrected chi connectivity index (χ2v) is 4.49. The standard InChI is InChI=1S/C15H10FN7O/c1-9-7-20-14(8-19-9)15(24)21-10-2-3-13(12(16)4-10)23-22-11(5-17)6-18/h2-4,7-8,23H,1H3,(H,21,24). The Balaban J connectivity index is 2.11. The number of rotatable bonds is 4. The largest absolute Gasteiger partial charge is 0.320 e. The van der Waals surface area contributed by atoms with Crippen LogP contribution < -0.4 is 10.7 Å². The van der Waals surface area contributed by atoms with Crippen molar-refractivity contribution in [2.45, 2.75) is 6.92 Å². The van der Waals surface area contributed by atoms with Crippen LogP contribution in [0.2, 0.25) is 0 Å². The maximum absolute atomic E-state index is 13.9. The number of carbonyl (C=O) groups excluding carboxylic acids is 1. The fourth-order valence-electron chi connectivity index (χ4n) is 1.58. The number of halogens is 1. The number of amides is 1. The third-order valence-corrected chi connectivity index (χ3v) is 2.74. The molecule has 0 aliphatic rings. The van der Waals surface area contributed by atoms with Gasteiger partial charge in [-0.3, -0.25) is 15.2 Å². The SMILES string of the molecule is Cc1cnc(C(=O)Nc2ccc(NN=C(C#N)C#N)c(F)c2)cn1. The quantitative estimate of drug-likeness (QED) is 0.654. The van der Waals surface area contributed by atoms with Crippen molar-refractivity contribution < 1.29 is 9.18 Å². The molecule has 1 heterocycles. The zero-order valence-corrected chi connectivity index (χ0v) is 12.4. The topological polar surface area (TPSA) is 127 Å². The number of aryl methyl sites for hydroxylation is 1. The molecule has 24 heavy (non-hydrogen) atoms. The molecule has 0 fully saturated rings. The van der Waals surface area contributed by atoms with Gasteiger partial charge >= 0.3 is 0 Å². The maximum atomic E-state index is 13.9. The van der Waals surface area contributed by atoms with Crippen LogP contribution in [0.4, 0.5) is 15.8 Å². The first-order chi connectivity index (χ1) is 11.5. The molecule has 9 heteroatoms. The molecule has 2 rings (SSSR count). The van der Waals surface area contributed by atoms with E-state index in [1.165, 1.54) is 36.7 Å². The summed E-state index contributed by atoms with van der Waals surface area (Å²) in [5.41, 5.74) is 2.75. The third-order valence-electron chi connectivity index (χ3n) is 2.74. The molecule has 8 nitrogen and oxygen atoms in total. The van der Waals surface area contributed by atoms with E-state index in [1.54, 1.807) is 6.92 Å². The van der Waals surface area contributed by atoms with Crippen LogP contribution in [0.1, 0.15) is 16.2 Å². The van der Waals surface area contributed by atoms with Crippen LogP contribution in [-0.2, 0) is 0 Å². The highest BCUT2D eigenvalue weighted by atomic mass is 19.1. The van der Waals surface area contributed by atoms with Gasteiger partial charge in [0.2, 0.25) is 5.71 Å². The first kappa shape index (κ1) is 16.5. The van der Waals surface area contributed by atoms with Crippen molar-refractivity contribution in [3.05, 3.63) is 47.8 Å². The normalized spacial score (nSPS) is 9.33. The van der Waals surface area contributed by atoms with Gasteiger partial charge in [0.1, 0.15) is 23.6 Å². The van der Waals surface area contributed by atoms with Gasteiger partial charge < -0.3 is 5.32 Å². The second-order valence-electron chi connectivity index (χ2n) is 4.49. The minimum Gasteiger partial charge on any atom is -0.320 e. The third kappa shape index (κ3) is 4.08. The summed E-state index contributed by atoms with van der Waals surface area (Å²) in [5.74, 6) is -1.25. The van der Waals surface area contributed by atoms with E-state index in [-0.39, 0.29) is 17.1 Å². The smallest absolute Gasteiger partial charge is 0.275 e. The zero-order valence-electron chi connectivity index (χ0n) is 12.4. The lowest BCUT2D eigenvalue weighted by molar-refractivity contribution is 0.102. The number of nitrogens with zero attached hydrogens (tertiary/aromatic N) is 5. The van der Waals surface area contributed by atoms with Gasteiger partial charge in [-0.25, -0.2) is 9.37 Å². The molecular formula is C15H10FN7O. The summed E-state index contributed by atoms with van der Waals surface area (Å²) in [6.07, 6.45) is 2.76. The van der Waals surface area contributed by atoms with Crippen molar-refractivity contribution in [2.75, 3.05) is 10.7 Å². The predicted molar refractivity (Wildman–Crippen MR) is 83.4 cm³/mol. The number of aromatic nitrogens is 2. The van der Waals surface area contributed by atoms with E-state index in [4.69, 9.17) is 10.5 Å². The first-order valence-electron chi connectivity index (χ1n) is 6.57. The Kier molecular flexibility index (Phi) is 5.11. The van der Waals surface area contributed by atoms with E-state index in [1.807, 2.05) is 0 Å². The van der Waals surface area contributed by atoms with E-state index in [0.717, 1.165) is 6.07 Å². The molecule has 118 valence electrons. The van der Waals surface area contributed by atoms with Crippen LogP contribution in [0.15, 0.2) is 35.7 Å². The van der Waals surface area contributed by atoms with Gasteiger partial charge in [0.15, 0.2) is 0 Å². The molecule has 0 unspecified atom stereocenters. The summed E-state index contributed by atoms with van der Waals surface area (Å²) in [4.78, 5) is 19.8. The summed E-state index contributed by atoms with van der Waals surface area (Å²) in [6.45, 7) is 1.74. The van der Waals surface area contributed by atoms with Crippen LogP contribution in [0, 0.1) is 35.4 Å². The van der Waals surface area contributed by atoms with E-state index in [2.05, 4.69) is 25.8 Å². The number of hydrogen-bond acceptors (Lipinski definition) is 7. The lowest BCUT2D eigenvalue weighted by atomic mass is 10.2. The second kappa shape index (κ2) is 7.42. The summed E-state index contributed by atoms with van der Waals surface area (Å²) in [7, 11) is 0. The molecule has 0 atom stereocenters. The van der Waals surface area contributed by atoms with E-state index >= 15 is 0 Å². The van der Waals surface area contributed by atoms with Crippen LogP contribution in [0.3, 0.4) is 0 Å². The molecule has 0 bridgehead atoms. The van der Waals surface area contributed by atoms with E-state index in [9.17, 15) is 9.18 Å². The number of nitriles is 2. The summed E-state index contributed by atoms with van der Waals surface area (Å²) in [6, 6.07) is 6.87. The Morgan fingerprint density at radius 2 is 2.00 bits per heavy atom. The van der Waals surface area contributed by atoms with Crippen LogP contribution >= 0.6 is 0 Å². The number of anilines is 2. The molecule has 2 aromatic rings. The van der Waals surface area contributed by atoms with E-state index in [0.29, 0.717) is 5.69 Å². The van der Waals surface area contributed by atoms with Gasteiger partial charge in [0, 0.05) is 11.9 Å². The number of carbonyl (C=O) groups is 1. The average Bonchev–Trinajstić information content (AvgIpc) is 2.58. The monoisotopic (exact) mass is 323 g/mol. The molecular weight excluding hydrogens is 313 g/mol. The molecule has 0 radical (unpaired) electrons. The highest BCUT2D eigenvalue weighted by Crippen LogP contribution is 2.19. The van der Waals surface area contributed by atoms with Crippen molar-refractivity contribution in [3.63, 3.8) is 0 Å². The summed E-state index contributed by atoms with van der Waals surface area (Å²) >= 11 is 0. The van der Waals surface area contributed by atoms with Gasteiger partial charge in [0.25, 0.3) is 5.91 Å². The molecule has 1 aromatic heterocycles.